The Balaban J connectivity index is 2.63. The van der Waals surface area contributed by atoms with E-state index in [4.69, 9.17) is 0 Å². The van der Waals surface area contributed by atoms with E-state index < -0.39 is 0 Å². The van der Waals surface area contributed by atoms with E-state index >= 15 is 0 Å². The van der Waals surface area contributed by atoms with Gasteiger partial charge in [-0.1, -0.05) is 0 Å². The van der Waals surface area contributed by atoms with Crippen LogP contribution in [0.3, 0.4) is 0 Å². The van der Waals surface area contributed by atoms with Crippen LogP contribution < -0.4 is 0 Å². The fourth-order valence-corrected chi connectivity index (χ4v) is 2.11. The summed E-state index contributed by atoms with van der Waals surface area (Å²) in [4.78, 5) is 15.8. The molecule has 0 aliphatic rings. The second-order valence-corrected chi connectivity index (χ2v) is 5.36. The monoisotopic (exact) mass is 316 g/mol. The van der Waals surface area contributed by atoms with E-state index in [1.54, 1.807) is 11.9 Å². The molecule has 1 amide bonds. The summed E-state index contributed by atoms with van der Waals surface area (Å²) in [6.45, 7) is 1.61. The van der Waals surface area contributed by atoms with Crippen LogP contribution in [0.5, 0.6) is 0 Å². The summed E-state index contributed by atoms with van der Waals surface area (Å²) < 4.78 is 13.4. The minimum atomic E-state index is -0.353. The Kier molecular flexibility index (Phi) is 5.75. The van der Waals surface area contributed by atoms with Crippen molar-refractivity contribution in [3.05, 3.63) is 34.1 Å². The normalized spacial score (nSPS) is 10.8. The summed E-state index contributed by atoms with van der Waals surface area (Å²) in [5, 5.41) is 0. The van der Waals surface area contributed by atoms with Crippen molar-refractivity contribution in [2.45, 2.75) is 6.42 Å². The lowest BCUT2D eigenvalue weighted by molar-refractivity contribution is 0.0789. The average molecular weight is 317 g/mol. The molecule has 0 aliphatic carbocycles. The number of halogens is 2. The van der Waals surface area contributed by atoms with Crippen LogP contribution in [-0.4, -0.2) is 49.9 Å². The smallest absolute Gasteiger partial charge is 0.254 e. The molecule has 100 valence electrons. The number of amides is 1. The number of carbonyl (C=O) groups excluding carboxylic acids is 1. The van der Waals surface area contributed by atoms with E-state index in [-0.39, 0.29) is 11.7 Å². The predicted octanol–water partition coefficient (Wildman–Crippen LogP) is 2.61. The van der Waals surface area contributed by atoms with Gasteiger partial charge in [-0.3, -0.25) is 4.79 Å². The first-order chi connectivity index (χ1) is 8.41. The van der Waals surface area contributed by atoms with Crippen molar-refractivity contribution in [2.75, 3.05) is 34.2 Å². The molecule has 0 bridgehead atoms. The van der Waals surface area contributed by atoms with Crippen molar-refractivity contribution in [1.29, 1.82) is 0 Å². The van der Waals surface area contributed by atoms with Crippen molar-refractivity contribution in [3.63, 3.8) is 0 Å². The quantitative estimate of drug-likeness (QED) is 0.833. The third-order valence-electron chi connectivity index (χ3n) is 2.61. The van der Waals surface area contributed by atoms with E-state index in [0.717, 1.165) is 13.0 Å². The van der Waals surface area contributed by atoms with Gasteiger partial charge in [-0.05, 0) is 61.2 Å². The third-order valence-corrected chi connectivity index (χ3v) is 3.26. The van der Waals surface area contributed by atoms with Gasteiger partial charge in [0, 0.05) is 18.1 Å². The zero-order valence-corrected chi connectivity index (χ0v) is 12.5. The Morgan fingerprint density at radius 3 is 2.50 bits per heavy atom. The molecule has 0 spiro atoms. The molecule has 0 fully saturated rings. The first-order valence-corrected chi connectivity index (χ1v) is 6.56. The van der Waals surface area contributed by atoms with Crippen molar-refractivity contribution in [2.24, 2.45) is 0 Å². The van der Waals surface area contributed by atoms with E-state index in [0.29, 0.717) is 16.6 Å². The molecule has 0 saturated heterocycles. The molecule has 0 heterocycles. The van der Waals surface area contributed by atoms with Gasteiger partial charge in [-0.25, -0.2) is 4.39 Å². The zero-order valence-electron chi connectivity index (χ0n) is 10.9. The Morgan fingerprint density at radius 2 is 1.94 bits per heavy atom. The molecule has 1 rings (SSSR count). The second-order valence-electron chi connectivity index (χ2n) is 4.51. The van der Waals surface area contributed by atoms with Gasteiger partial charge < -0.3 is 9.80 Å². The Labute approximate surface area is 116 Å². The van der Waals surface area contributed by atoms with Gasteiger partial charge in [0.2, 0.25) is 0 Å². The SMILES string of the molecule is CN(C)CCCN(C)C(=O)c1ccc(F)cc1Br. The molecule has 0 radical (unpaired) electrons. The lowest BCUT2D eigenvalue weighted by Gasteiger charge is -2.19. The van der Waals surface area contributed by atoms with E-state index in [1.807, 2.05) is 14.1 Å². The Bertz CT molecular complexity index is 423. The van der Waals surface area contributed by atoms with E-state index in [2.05, 4.69) is 20.8 Å². The van der Waals surface area contributed by atoms with Crippen LogP contribution in [0.2, 0.25) is 0 Å². The number of nitrogens with zero attached hydrogens (tertiary/aromatic N) is 2. The van der Waals surface area contributed by atoms with E-state index in [9.17, 15) is 9.18 Å². The Morgan fingerprint density at radius 1 is 1.28 bits per heavy atom. The van der Waals surface area contributed by atoms with Crippen molar-refractivity contribution < 1.29 is 9.18 Å². The summed E-state index contributed by atoms with van der Waals surface area (Å²) in [7, 11) is 5.75. The topological polar surface area (TPSA) is 23.6 Å². The van der Waals surface area contributed by atoms with Gasteiger partial charge in [-0.2, -0.15) is 0 Å². The van der Waals surface area contributed by atoms with Crippen LogP contribution in [0.15, 0.2) is 22.7 Å². The fraction of sp³-hybridized carbons (Fsp3) is 0.462. The van der Waals surface area contributed by atoms with Crippen LogP contribution in [0.1, 0.15) is 16.8 Å². The lowest BCUT2D eigenvalue weighted by Crippen LogP contribution is -2.30. The number of carbonyl (C=O) groups is 1. The number of hydrogen-bond acceptors (Lipinski definition) is 2. The molecule has 0 aliphatic heterocycles. The zero-order chi connectivity index (χ0) is 13.7. The van der Waals surface area contributed by atoms with Gasteiger partial charge in [0.15, 0.2) is 0 Å². The van der Waals surface area contributed by atoms with Crippen LogP contribution in [-0.2, 0) is 0 Å². The van der Waals surface area contributed by atoms with Gasteiger partial charge in [0.25, 0.3) is 5.91 Å². The van der Waals surface area contributed by atoms with Crippen LogP contribution in [0.4, 0.5) is 4.39 Å². The first kappa shape index (κ1) is 15.1. The molecular formula is C13H18BrFN2O. The van der Waals surface area contributed by atoms with Gasteiger partial charge >= 0.3 is 0 Å². The number of hydrogen-bond donors (Lipinski definition) is 0. The molecular weight excluding hydrogens is 299 g/mol. The average Bonchev–Trinajstić information content (AvgIpc) is 2.27. The minimum absolute atomic E-state index is 0.0966. The van der Waals surface area contributed by atoms with Gasteiger partial charge in [0.05, 0.1) is 5.56 Å². The summed E-state index contributed by atoms with van der Waals surface area (Å²) in [6, 6.07) is 4.11. The fourth-order valence-electron chi connectivity index (χ4n) is 1.59. The van der Waals surface area contributed by atoms with Crippen molar-refractivity contribution in [1.82, 2.24) is 9.80 Å². The summed E-state index contributed by atoms with van der Waals surface area (Å²) >= 11 is 3.21. The van der Waals surface area contributed by atoms with E-state index in [1.165, 1.54) is 18.2 Å². The highest BCUT2D eigenvalue weighted by molar-refractivity contribution is 9.10. The van der Waals surface area contributed by atoms with Gasteiger partial charge in [0.1, 0.15) is 5.82 Å². The highest BCUT2D eigenvalue weighted by Gasteiger charge is 2.14. The maximum Gasteiger partial charge on any atom is 0.254 e. The van der Waals surface area contributed by atoms with Crippen molar-refractivity contribution >= 4 is 21.8 Å². The third kappa shape index (κ3) is 4.38. The molecule has 18 heavy (non-hydrogen) atoms. The first-order valence-electron chi connectivity index (χ1n) is 5.77. The molecule has 0 aromatic heterocycles. The Hall–Kier alpha value is -0.940. The maximum atomic E-state index is 12.9. The molecule has 0 saturated carbocycles. The maximum absolute atomic E-state index is 12.9. The predicted molar refractivity (Wildman–Crippen MR) is 74.2 cm³/mol. The standard InChI is InChI=1S/C13H18BrFN2O/c1-16(2)7-4-8-17(3)13(18)11-6-5-10(15)9-12(11)14/h5-6,9H,4,7-8H2,1-3H3. The molecule has 0 N–H and O–H groups in total. The highest BCUT2D eigenvalue weighted by atomic mass is 79.9. The number of benzene rings is 1. The van der Waals surface area contributed by atoms with Gasteiger partial charge in [-0.15, -0.1) is 0 Å². The lowest BCUT2D eigenvalue weighted by atomic mass is 10.2. The van der Waals surface area contributed by atoms with Crippen LogP contribution in [0, 0.1) is 5.82 Å². The largest absolute Gasteiger partial charge is 0.342 e. The number of rotatable bonds is 5. The summed E-state index contributed by atoms with van der Waals surface area (Å²) in [6.07, 6.45) is 0.911. The summed E-state index contributed by atoms with van der Waals surface area (Å²) in [5.74, 6) is -0.450. The molecule has 1 aromatic rings. The molecule has 0 atom stereocenters. The van der Waals surface area contributed by atoms with Crippen LogP contribution >= 0.6 is 15.9 Å². The second kappa shape index (κ2) is 6.85. The summed E-state index contributed by atoms with van der Waals surface area (Å²) in [5.41, 5.74) is 0.490. The molecule has 1 aromatic carbocycles. The molecule has 3 nitrogen and oxygen atoms in total. The molecule has 5 heteroatoms. The van der Waals surface area contributed by atoms with Crippen LogP contribution in [0.25, 0.3) is 0 Å². The van der Waals surface area contributed by atoms with Crippen molar-refractivity contribution in [3.8, 4) is 0 Å². The minimum Gasteiger partial charge on any atom is -0.342 e. The molecule has 0 unspecified atom stereocenters. The highest BCUT2D eigenvalue weighted by Crippen LogP contribution is 2.19.